The van der Waals surface area contributed by atoms with E-state index in [4.69, 9.17) is 5.11 Å². The van der Waals surface area contributed by atoms with Gasteiger partial charge in [-0.1, -0.05) is 0 Å². The van der Waals surface area contributed by atoms with Crippen LogP contribution < -0.4 is 5.32 Å². The number of nitrogens with one attached hydrogen (secondary N) is 1. The van der Waals surface area contributed by atoms with Gasteiger partial charge in [-0.2, -0.15) is 0 Å². The molecule has 1 aliphatic heterocycles. The second kappa shape index (κ2) is 5.83. The second-order valence-electron chi connectivity index (χ2n) is 5.12. The number of carbonyl (C=O) groups excluding carboxylic acids is 2. The Morgan fingerprint density at radius 3 is 2.37 bits per heavy atom. The van der Waals surface area contributed by atoms with Gasteiger partial charge in [-0.3, -0.25) is 15.0 Å². The number of nitrogens with zero attached hydrogens (tertiary/aromatic N) is 2. The first-order valence-corrected chi connectivity index (χ1v) is 5.94. The third-order valence-electron chi connectivity index (χ3n) is 3.21. The van der Waals surface area contributed by atoms with Crippen molar-refractivity contribution in [2.24, 2.45) is 0 Å². The Morgan fingerprint density at radius 2 is 1.84 bits per heavy atom. The van der Waals surface area contributed by atoms with E-state index in [2.05, 4.69) is 10.2 Å². The van der Waals surface area contributed by atoms with Gasteiger partial charge in [0.05, 0.1) is 0 Å². The number of rotatable bonds is 2. The maximum atomic E-state index is 11.8. The Bertz CT molecular complexity index is 417. The van der Waals surface area contributed by atoms with E-state index in [0.717, 1.165) is 12.6 Å². The van der Waals surface area contributed by atoms with Crippen LogP contribution in [0, 0.1) is 0 Å². The van der Waals surface area contributed by atoms with Crippen molar-refractivity contribution in [3.8, 4) is 0 Å². The average Bonchev–Trinajstić information content (AvgIpc) is 2.29. The number of carbonyl (C=O) groups is 3. The van der Waals surface area contributed by atoms with Gasteiger partial charge in [0.1, 0.15) is 0 Å². The van der Waals surface area contributed by atoms with E-state index >= 15 is 0 Å². The van der Waals surface area contributed by atoms with Crippen molar-refractivity contribution in [1.82, 2.24) is 15.1 Å². The van der Waals surface area contributed by atoms with Gasteiger partial charge in [0.15, 0.2) is 0 Å². The van der Waals surface area contributed by atoms with E-state index in [9.17, 15) is 14.4 Å². The highest BCUT2D eigenvalue weighted by molar-refractivity contribution is 6.02. The molecule has 0 aromatic heterocycles. The lowest BCUT2D eigenvalue weighted by Crippen LogP contribution is -2.60. The summed E-state index contributed by atoms with van der Waals surface area (Å²) in [6, 6.07) is -0.499. The van der Waals surface area contributed by atoms with Gasteiger partial charge in [0.2, 0.25) is 0 Å². The molecule has 1 fully saturated rings. The minimum atomic E-state index is -1.23. The highest BCUT2D eigenvalue weighted by atomic mass is 16.4. The lowest BCUT2D eigenvalue weighted by atomic mass is 10.0. The SMILES string of the molecule is CN1CCN(C(=O)NC(=O)/C=C/C(=O)O)CC1(C)C. The topological polar surface area (TPSA) is 90.0 Å². The normalized spacial score (nSPS) is 19.4. The zero-order valence-corrected chi connectivity index (χ0v) is 11.3. The third-order valence-corrected chi connectivity index (χ3v) is 3.21. The summed E-state index contributed by atoms with van der Waals surface area (Å²) in [4.78, 5) is 37.1. The van der Waals surface area contributed by atoms with Crippen LogP contribution in [0.5, 0.6) is 0 Å². The summed E-state index contributed by atoms with van der Waals surface area (Å²) in [5, 5.41) is 10.5. The molecule has 3 amide bonds. The number of piperazine rings is 1. The van der Waals surface area contributed by atoms with Gasteiger partial charge in [0, 0.05) is 37.3 Å². The van der Waals surface area contributed by atoms with Crippen molar-refractivity contribution in [3.05, 3.63) is 12.2 Å². The molecule has 0 aliphatic carbocycles. The first-order chi connectivity index (χ1) is 8.72. The number of imide groups is 1. The van der Waals surface area contributed by atoms with Gasteiger partial charge in [-0.25, -0.2) is 9.59 Å². The number of carboxylic acids is 1. The van der Waals surface area contributed by atoms with Crippen LogP contribution in [0.15, 0.2) is 12.2 Å². The molecule has 0 saturated carbocycles. The van der Waals surface area contributed by atoms with Crippen molar-refractivity contribution in [2.45, 2.75) is 19.4 Å². The molecule has 1 aliphatic rings. The minimum Gasteiger partial charge on any atom is -0.478 e. The first kappa shape index (κ1) is 15.2. The molecule has 0 radical (unpaired) electrons. The summed E-state index contributed by atoms with van der Waals surface area (Å²) >= 11 is 0. The number of hydrogen-bond donors (Lipinski definition) is 2. The maximum Gasteiger partial charge on any atom is 0.328 e. The van der Waals surface area contributed by atoms with E-state index in [1.807, 2.05) is 20.9 Å². The smallest absolute Gasteiger partial charge is 0.328 e. The van der Waals surface area contributed by atoms with Crippen molar-refractivity contribution in [1.29, 1.82) is 0 Å². The van der Waals surface area contributed by atoms with E-state index in [1.165, 1.54) is 0 Å². The fraction of sp³-hybridized carbons (Fsp3) is 0.583. The number of aliphatic carboxylic acids is 1. The van der Waals surface area contributed by atoms with Gasteiger partial charge < -0.3 is 10.0 Å². The molecule has 1 heterocycles. The molecule has 0 spiro atoms. The van der Waals surface area contributed by atoms with E-state index in [0.29, 0.717) is 19.2 Å². The summed E-state index contributed by atoms with van der Waals surface area (Å²) in [5.74, 6) is -1.97. The molecule has 0 aromatic rings. The lowest BCUT2D eigenvalue weighted by Gasteiger charge is -2.45. The largest absolute Gasteiger partial charge is 0.478 e. The van der Waals surface area contributed by atoms with E-state index < -0.39 is 17.9 Å². The summed E-state index contributed by atoms with van der Waals surface area (Å²) in [6.45, 7) is 5.78. The Balaban J connectivity index is 2.55. The van der Waals surface area contributed by atoms with E-state index in [-0.39, 0.29) is 5.54 Å². The fourth-order valence-electron chi connectivity index (χ4n) is 1.79. The third kappa shape index (κ3) is 4.36. The number of hydrogen-bond acceptors (Lipinski definition) is 4. The van der Waals surface area contributed by atoms with Crippen LogP contribution in [-0.4, -0.2) is 65.0 Å². The molecule has 106 valence electrons. The van der Waals surface area contributed by atoms with Crippen LogP contribution >= 0.6 is 0 Å². The Hall–Kier alpha value is -1.89. The van der Waals surface area contributed by atoms with Gasteiger partial charge in [-0.15, -0.1) is 0 Å². The number of amides is 3. The van der Waals surface area contributed by atoms with Gasteiger partial charge in [0.25, 0.3) is 5.91 Å². The second-order valence-corrected chi connectivity index (χ2v) is 5.12. The molecular formula is C12H19N3O4. The quantitative estimate of drug-likeness (QED) is 0.683. The van der Waals surface area contributed by atoms with Crippen LogP contribution in [0.3, 0.4) is 0 Å². The highest BCUT2D eigenvalue weighted by Crippen LogP contribution is 2.18. The molecule has 0 bridgehead atoms. The van der Waals surface area contributed by atoms with Crippen molar-refractivity contribution >= 4 is 17.9 Å². The fourth-order valence-corrected chi connectivity index (χ4v) is 1.79. The van der Waals surface area contributed by atoms with Gasteiger partial charge in [-0.05, 0) is 20.9 Å². The van der Waals surface area contributed by atoms with Crippen LogP contribution in [-0.2, 0) is 9.59 Å². The van der Waals surface area contributed by atoms with Gasteiger partial charge >= 0.3 is 12.0 Å². The summed E-state index contributed by atoms with van der Waals surface area (Å²) in [5.41, 5.74) is -0.157. The maximum absolute atomic E-state index is 11.8. The molecule has 0 unspecified atom stereocenters. The highest BCUT2D eigenvalue weighted by Gasteiger charge is 2.33. The Labute approximate surface area is 111 Å². The minimum absolute atomic E-state index is 0.157. The Kier molecular flexibility index (Phi) is 4.66. The molecule has 2 N–H and O–H groups in total. The summed E-state index contributed by atoms with van der Waals surface area (Å²) in [7, 11) is 1.98. The molecule has 7 nitrogen and oxygen atoms in total. The van der Waals surface area contributed by atoms with Crippen LogP contribution in [0.4, 0.5) is 4.79 Å². The number of urea groups is 1. The lowest BCUT2D eigenvalue weighted by molar-refractivity contribution is -0.131. The summed E-state index contributed by atoms with van der Waals surface area (Å²) < 4.78 is 0. The van der Waals surface area contributed by atoms with E-state index in [1.54, 1.807) is 4.90 Å². The first-order valence-electron chi connectivity index (χ1n) is 5.94. The number of carboxylic acid groups (broad SMARTS) is 1. The van der Waals surface area contributed by atoms with Crippen molar-refractivity contribution in [3.63, 3.8) is 0 Å². The molecular weight excluding hydrogens is 250 g/mol. The molecule has 1 rings (SSSR count). The Morgan fingerprint density at radius 1 is 1.21 bits per heavy atom. The van der Waals surface area contributed by atoms with Crippen molar-refractivity contribution in [2.75, 3.05) is 26.7 Å². The van der Waals surface area contributed by atoms with Crippen LogP contribution in [0.2, 0.25) is 0 Å². The standard InChI is InChI=1S/C12H19N3O4/c1-12(2)8-15(7-6-14(12)3)11(19)13-9(16)4-5-10(17)18/h4-5H,6-8H2,1-3H3,(H,17,18)(H,13,16,19)/b5-4+. The number of likely N-dealkylation sites (N-methyl/N-ethyl adjacent to an activating group) is 1. The average molecular weight is 269 g/mol. The van der Waals surface area contributed by atoms with Crippen LogP contribution in [0.25, 0.3) is 0 Å². The zero-order chi connectivity index (χ0) is 14.6. The molecule has 7 heteroatoms. The van der Waals surface area contributed by atoms with Crippen molar-refractivity contribution < 1.29 is 19.5 Å². The monoisotopic (exact) mass is 269 g/mol. The predicted octanol–water partition coefficient (Wildman–Crippen LogP) is -0.111. The molecule has 1 saturated heterocycles. The molecule has 19 heavy (non-hydrogen) atoms. The summed E-state index contributed by atoms with van der Waals surface area (Å²) in [6.07, 6.45) is 1.51. The molecule has 0 atom stereocenters. The van der Waals surface area contributed by atoms with Crippen LogP contribution in [0.1, 0.15) is 13.8 Å². The predicted molar refractivity (Wildman–Crippen MR) is 68.6 cm³/mol. The molecule has 0 aromatic carbocycles. The zero-order valence-electron chi connectivity index (χ0n) is 11.3.